The van der Waals surface area contributed by atoms with Gasteiger partial charge in [0.1, 0.15) is 0 Å². The van der Waals surface area contributed by atoms with Gasteiger partial charge < -0.3 is 10.2 Å². The van der Waals surface area contributed by atoms with E-state index in [1.807, 2.05) is 0 Å². The highest BCUT2D eigenvalue weighted by atomic mass is 32.1. The van der Waals surface area contributed by atoms with Gasteiger partial charge in [0, 0.05) is 19.1 Å². The van der Waals surface area contributed by atoms with Crippen LogP contribution < -0.4 is 5.32 Å². The van der Waals surface area contributed by atoms with E-state index in [9.17, 15) is 0 Å². The van der Waals surface area contributed by atoms with Crippen LogP contribution >= 0.6 is 11.3 Å². The van der Waals surface area contributed by atoms with Crippen LogP contribution in [0.5, 0.6) is 0 Å². The van der Waals surface area contributed by atoms with E-state index in [4.69, 9.17) is 0 Å². The molecule has 0 radical (unpaired) electrons. The molecule has 3 nitrogen and oxygen atoms in total. The van der Waals surface area contributed by atoms with E-state index >= 15 is 0 Å². The highest BCUT2D eigenvalue weighted by Crippen LogP contribution is 2.28. The highest BCUT2D eigenvalue weighted by Gasteiger charge is 2.25. The Morgan fingerprint density at radius 2 is 2.28 bits per heavy atom. The normalized spacial score (nSPS) is 15.5. The van der Waals surface area contributed by atoms with E-state index in [0.29, 0.717) is 0 Å². The van der Waals surface area contributed by atoms with Crippen LogP contribution in [-0.2, 0) is 0 Å². The van der Waals surface area contributed by atoms with Crippen molar-refractivity contribution in [3.63, 3.8) is 0 Å². The first kappa shape index (κ1) is 11.9. The Labute approximate surface area is 112 Å². The first-order valence-electron chi connectivity index (χ1n) is 6.54. The Balaban J connectivity index is 1.62. The zero-order valence-corrected chi connectivity index (χ0v) is 11.8. The molecular weight excluding hydrogens is 242 g/mol. The molecule has 0 unspecified atom stereocenters. The number of aryl methyl sites for hydroxylation is 1. The molecule has 96 valence electrons. The lowest BCUT2D eigenvalue weighted by Crippen LogP contribution is -2.26. The van der Waals surface area contributed by atoms with Gasteiger partial charge in [0.25, 0.3) is 0 Å². The SMILES string of the molecule is Cc1cccc2sc(NCCN(C)C3CC3)nc12. The third-order valence-electron chi connectivity index (χ3n) is 3.53. The van der Waals surface area contributed by atoms with Crippen LogP contribution in [0.1, 0.15) is 18.4 Å². The number of benzene rings is 1. The molecule has 1 N–H and O–H groups in total. The molecule has 1 aromatic heterocycles. The van der Waals surface area contributed by atoms with Crippen LogP contribution in [0.2, 0.25) is 0 Å². The van der Waals surface area contributed by atoms with Crippen LogP contribution in [0, 0.1) is 6.92 Å². The fraction of sp³-hybridized carbons (Fsp3) is 0.500. The first-order chi connectivity index (χ1) is 8.74. The molecule has 0 amide bonds. The summed E-state index contributed by atoms with van der Waals surface area (Å²) in [7, 11) is 2.21. The van der Waals surface area contributed by atoms with Gasteiger partial charge in [0.15, 0.2) is 5.13 Å². The number of hydrogen-bond donors (Lipinski definition) is 1. The summed E-state index contributed by atoms with van der Waals surface area (Å²) in [6, 6.07) is 7.19. The Hall–Kier alpha value is -1.13. The summed E-state index contributed by atoms with van der Waals surface area (Å²) in [5, 5.41) is 4.49. The van der Waals surface area contributed by atoms with Crippen molar-refractivity contribution in [2.45, 2.75) is 25.8 Å². The average molecular weight is 261 g/mol. The minimum Gasteiger partial charge on any atom is -0.360 e. The largest absolute Gasteiger partial charge is 0.360 e. The summed E-state index contributed by atoms with van der Waals surface area (Å²) in [6.45, 7) is 4.19. The van der Waals surface area contributed by atoms with Crippen molar-refractivity contribution in [1.82, 2.24) is 9.88 Å². The zero-order valence-electron chi connectivity index (χ0n) is 10.9. The van der Waals surface area contributed by atoms with Crippen molar-refractivity contribution >= 4 is 26.7 Å². The number of hydrogen-bond acceptors (Lipinski definition) is 4. The summed E-state index contributed by atoms with van der Waals surface area (Å²) in [5.74, 6) is 0. The predicted octanol–water partition coefficient (Wildman–Crippen LogP) is 3.11. The molecule has 3 rings (SSSR count). The smallest absolute Gasteiger partial charge is 0.183 e. The molecule has 1 aromatic carbocycles. The van der Waals surface area contributed by atoms with Gasteiger partial charge in [-0.2, -0.15) is 0 Å². The molecule has 18 heavy (non-hydrogen) atoms. The van der Waals surface area contributed by atoms with Crippen LogP contribution in [-0.4, -0.2) is 36.1 Å². The van der Waals surface area contributed by atoms with E-state index in [1.165, 1.54) is 23.1 Å². The lowest BCUT2D eigenvalue weighted by Gasteiger charge is -2.15. The average Bonchev–Trinajstić information content (AvgIpc) is 3.11. The number of para-hydroxylation sites is 1. The summed E-state index contributed by atoms with van der Waals surface area (Å²) >= 11 is 1.75. The fourth-order valence-electron chi connectivity index (χ4n) is 2.20. The molecule has 4 heteroatoms. The number of thiazole rings is 1. The molecular formula is C14H19N3S. The van der Waals surface area contributed by atoms with E-state index in [0.717, 1.165) is 29.8 Å². The van der Waals surface area contributed by atoms with Crippen molar-refractivity contribution in [3.8, 4) is 0 Å². The Bertz CT molecular complexity index is 545. The lowest BCUT2D eigenvalue weighted by atomic mass is 10.2. The molecule has 1 heterocycles. The maximum Gasteiger partial charge on any atom is 0.183 e. The molecule has 1 saturated carbocycles. The van der Waals surface area contributed by atoms with E-state index in [1.54, 1.807) is 11.3 Å². The second-order valence-electron chi connectivity index (χ2n) is 5.08. The zero-order chi connectivity index (χ0) is 12.5. The van der Waals surface area contributed by atoms with Crippen LogP contribution in [0.15, 0.2) is 18.2 Å². The molecule has 0 spiro atoms. The number of nitrogens with one attached hydrogen (secondary N) is 1. The van der Waals surface area contributed by atoms with Crippen molar-refractivity contribution in [2.24, 2.45) is 0 Å². The number of rotatable bonds is 5. The van der Waals surface area contributed by atoms with E-state index in [-0.39, 0.29) is 0 Å². The standard InChI is InChI=1S/C14H19N3S/c1-10-4-3-5-12-13(10)16-14(18-12)15-8-9-17(2)11-6-7-11/h3-5,11H,6-9H2,1-2H3,(H,15,16). The molecule has 0 saturated heterocycles. The van der Waals surface area contributed by atoms with Crippen molar-refractivity contribution in [1.29, 1.82) is 0 Å². The molecule has 2 aromatic rings. The minimum absolute atomic E-state index is 0.837. The highest BCUT2D eigenvalue weighted by molar-refractivity contribution is 7.22. The van der Waals surface area contributed by atoms with Crippen molar-refractivity contribution in [3.05, 3.63) is 23.8 Å². The number of nitrogens with zero attached hydrogens (tertiary/aromatic N) is 2. The summed E-state index contributed by atoms with van der Waals surface area (Å²) < 4.78 is 1.27. The monoisotopic (exact) mass is 261 g/mol. The van der Waals surface area contributed by atoms with E-state index < -0.39 is 0 Å². The van der Waals surface area contributed by atoms with Crippen molar-refractivity contribution in [2.75, 3.05) is 25.5 Å². The maximum absolute atomic E-state index is 4.66. The van der Waals surface area contributed by atoms with Gasteiger partial charge in [-0.1, -0.05) is 23.5 Å². The van der Waals surface area contributed by atoms with Crippen LogP contribution in [0.3, 0.4) is 0 Å². The summed E-state index contributed by atoms with van der Waals surface area (Å²) in [4.78, 5) is 7.09. The van der Waals surface area contributed by atoms with Gasteiger partial charge in [-0.15, -0.1) is 0 Å². The third-order valence-corrected chi connectivity index (χ3v) is 4.51. The van der Waals surface area contributed by atoms with Gasteiger partial charge in [0.05, 0.1) is 10.2 Å². The number of anilines is 1. The summed E-state index contributed by atoms with van der Waals surface area (Å²) in [5.41, 5.74) is 2.40. The van der Waals surface area contributed by atoms with Gasteiger partial charge >= 0.3 is 0 Å². The van der Waals surface area contributed by atoms with E-state index in [2.05, 4.69) is 47.4 Å². The fourth-order valence-corrected chi connectivity index (χ4v) is 3.17. The van der Waals surface area contributed by atoms with Gasteiger partial charge in [-0.3, -0.25) is 0 Å². The quantitative estimate of drug-likeness (QED) is 0.896. The molecule has 1 fully saturated rings. The molecule has 1 aliphatic rings. The summed E-state index contributed by atoms with van der Waals surface area (Å²) in [6.07, 6.45) is 2.74. The first-order valence-corrected chi connectivity index (χ1v) is 7.36. The number of aromatic nitrogens is 1. The van der Waals surface area contributed by atoms with Crippen molar-refractivity contribution < 1.29 is 0 Å². The molecule has 0 bridgehead atoms. The Kier molecular flexibility index (Phi) is 3.22. The predicted molar refractivity (Wildman–Crippen MR) is 78.5 cm³/mol. The number of likely N-dealkylation sites (N-methyl/N-ethyl adjacent to an activating group) is 1. The molecule has 1 aliphatic carbocycles. The van der Waals surface area contributed by atoms with Crippen LogP contribution in [0.25, 0.3) is 10.2 Å². The second-order valence-corrected chi connectivity index (χ2v) is 6.11. The topological polar surface area (TPSA) is 28.2 Å². The molecule has 0 atom stereocenters. The second kappa shape index (κ2) is 4.86. The van der Waals surface area contributed by atoms with Crippen LogP contribution in [0.4, 0.5) is 5.13 Å². The third kappa shape index (κ3) is 2.49. The van der Waals surface area contributed by atoms with Gasteiger partial charge in [0.2, 0.25) is 0 Å². The Morgan fingerprint density at radius 3 is 3.00 bits per heavy atom. The van der Waals surface area contributed by atoms with Gasteiger partial charge in [-0.05, 0) is 38.4 Å². The molecule has 0 aliphatic heterocycles. The van der Waals surface area contributed by atoms with Gasteiger partial charge in [-0.25, -0.2) is 4.98 Å². The minimum atomic E-state index is 0.837. The Morgan fingerprint density at radius 1 is 1.44 bits per heavy atom. The maximum atomic E-state index is 4.66. The lowest BCUT2D eigenvalue weighted by molar-refractivity contribution is 0.337. The number of fused-ring (bicyclic) bond motifs is 1.